The van der Waals surface area contributed by atoms with Crippen LogP contribution in [0.3, 0.4) is 0 Å². The lowest BCUT2D eigenvalue weighted by atomic mass is 10.2. The van der Waals surface area contributed by atoms with Crippen molar-refractivity contribution < 1.29 is 13.5 Å². The van der Waals surface area contributed by atoms with Crippen molar-refractivity contribution in [3.05, 3.63) is 51.1 Å². The zero-order chi connectivity index (χ0) is 14.7. The Kier molecular flexibility index (Phi) is 4.91. The van der Waals surface area contributed by atoms with E-state index in [0.717, 1.165) is 11.6 Å². The summed E-state index contributed by atoms with van der Waals surface area (Å²) in [6.07, 6.45) is 1.40. The van der Waals surface area contributed by atoms with Gasteiger partial charge in [0, 0.05) is 23.3 Å². The monoisotopic (exact) mass is 362 g/mol. The van der Waals surface area contributed by atoms with Gasteiger partial charge in [0.25, 0.3) is 0 Å². The van der Waals surface area contributed by atoms with Gasteiger partial charge in [-0.2, -0.15) is 4.39 Å². The number of halogens is 4. The summed E-state index contributed by atoms with van der Waals surface area (Å²) in [4.78, 5) is 3.93. The summed E-state index contributed by atoms with van der Waals surface area (Å²) in [6, 6.07) is 3.91. The van der Waals surface area contributed by atoms with Crippen molar-refractivity contribution in [3.63, 3.8) is 0 Å². The van der Waals surface area contributed by atoms with Crippen LogP contribution >= 0.6 is 27.5 Å². The van der Waals surface area contributed by atoms with Crippen molar-refractivity contribution >= 4 is 27.5 Å². The Morgan fingerprint density at radius 2 is 2.10 bits per heavy atom. The molecule has 7 heteroatoms. The smallest absolute Gasteiger partial charge is 0.219 e. The zero-order valence-electron chi connectivity index (χ0n) is 10.4. The molecule has 0 amide bonds. The molecule has 0 spiro atoms. The molecule has 1 aromatic carbocycles. The van der Waals surface area contributed by atoms with E-state index in [1.165, 1.54) is 12.3 Å². The van der Waals surface area contributed by atoms with Gasteiger partial charge < -0.3 is 10.1 Å². The molecule has 1 heterocycles. The molecule has 3 nitrogen and oxygen atoms in total. The van der Waals surface area contributed by atoms with Crippen LogP contribution in [0.1, 0.15) is 5.56 Å². The van der Waals surface area contributed by atoms with E-state index in [1.807, 2.05) is 0 Å². The highest BCUT2D eigenvalue weighted by molar-refractivity contribution is 9.10. The van der Waals surface area contributed by atoms with Crippen LogP contribution in [0.15, 0.2) is 28.9 Å². The topological polar surface area (TPSA) is 34.1 Å². The van der Waals surface area contributed by atoms with Gasteiger partial charge in [0.05, 0.1) is 5.02 Å². The van der Waals surface area contributed by atoms with Crippen molar-refractivity contribution in [1.29, 1.82) is 0 Å². The lowest BCUT2D eigenvalue weighted by molar-refractivity contribution is 0.404. The average molecular weight is 364 g/mol. The molecule has 1 N–H and O–H groups in total. The van der Waals surface area contributed by atoms with Crippen LogP contribution in [0.4, 0.5) is 8.78 Å². The van der Waals surface area contributed by atoms with E-state index >= 15 is 0 Å². The fourth-order valence-electron chi connectivity index (χ4n) is 1.56. The summed E-state index contributed by atoms with van der Waals surface area (Å²) >= 11 is 9.03. The van der Waals surface area contributed by atoms with Gasteiger partial charge in [-0.3, -0.25) is 0 Å². The molecule has 0 aliphatic carbocycles. The minimum Gasteiger partial charge on any atom is -0.436 e. The maximum absolute atomic E-state index is 13.6. The molecule has 0 atom stereocenters. The number of rotatable bonds is 4. The van der Waals surface area contributed by atoms with Gasteiger partial charge in [0.15, 0.2) is 11.6 Å². The third-order valence-corrected chi connectivity index (χ3v) is 3.25. The number of pyridine rings is 1. The number of benzene rings is 1. The molecule has 1 aromatic heterocycles. The van der Waals surface area contributed by atoms with Crippen LogP contribution in [0, 0.1) is 11.6 Å². The number of nitrogens with one attached hydrogen (secondary N) is 1. The maximum atomic E-state index is 13.6. The highest BCUT2D eigenvalue weighted by Crippen LogP contribution is 2.30. The van der Waals surface area contributed by atoms with E-state index in [-0.39, 0.29) is 11.6 Å². The van der Waals surface area contributed by atoms with E-state index in [1.54, 1.807) is 13.1 Å². The Morgan fingerprint density at radius 3 is 2.80 bits per heavy atom. The molecule has 0 radical (unpaired) electrons. The second-order valence-corrected chi connectivity index (χ2v) is 5.27. The van der Waals surface area contributed by atoms with Crippen LogP contribution < -0.4 is 10.1 Å². The first kappa shape index (κ1) is 15.2. The standard InChI is InChI=1S/C13H10BrClF2N2O/c1-18-5-7-2-12(19-6-9(7)15)20-11-4-8(14)3-10(16)13(11)17/h2-4,6,18H,5H2,1H3. The number of hydrogen-bond donors (Lipinski definition) is 1. The molecule has 20 heavy (non-hydrogen) atoms. The number of hydrogen-bond acceptors (Lipinski definition) is 3. The SMILES string of the molecule is CNCc1cc(Oc2cc(Br)cc(F)c2F)ncc1Cl. The van der Waals surface area contributed by atoms with E-state index in [0.29, 0.717) is 16.0 Å². The molecule has 0 saturated carbocycles. The highest BCUT2D eigenvalue weighted by Gasteiger charge is 2.13. The Balaban J connectivity index is 2.33. The van der Waals surface area contributed by atoms with Crippen molar-refractivity contribution in [3.8, 4) is 11.6 Å². The van der Waals surface area contributed by atoms with Gasteiger partial charge in [0.1, 0.15) is 0 Å². The van der Waals surface area contributed by atoms with Gasteiger partial charge in [-0.25, -0.2) is 9.37 Å². The summed E-state index contributed by atoms with van der Waals surface area (Å²) < 4.78 is 32.5. The molecular formula is C13H10BrClF2N2O. The average Bonchev–Trinajstić information content (AvgIpc) is 2.39. The first-order chi connectivity index (χ1) is 9.51. The van der Waals surface area contributed by atoms with E-state index in [2.05, 4.69) is 26.2 Å². The Hall–Kier alpha value is -1.24. The lowest BCUT2D eigenvalue weighted by Crippen LogP contribution is -2.06. The molecule has 0 fully saturated rings. The molecule has 0 saturated heterocycles. The first-order valence-electron chi connectivity index (χ1n) is 5.62. The van der Waals surface area contributed by atoms with Crippen LogP contribution in [0.25, 0.3) is 0 Å². The number of aromatic nitrogens is 1. The van der Waals surface area contributed by atoms with Crippen molar-refractivity contribution in [1.82, 2.24) is 10.3 Å². The third kappa shape index (κ3) is 3.45. The summed E-state index contributed by atoms with van der Waals surface area (Å²) in [7, 11) is 1.76. The van der Waals surface area contributed by atoms with Gasteiger partial charge in [0.2, 0.25) is 11.7 Å². The molecule has 106 valence electrons. The summed E-state index contributed by atoms with van der Waals surface area (Å²) in [5.74, 6) is -2.18. The molecule has 0 aliphatic rings. The summed E-state index contributed by atoms with van der Waals surface area (Å²) in [5, 5.41) is 3.40. The minimum absolute atomic E-state index is 0.135. The predicted octanol–water partition coefficient (Wildman–Crippen LogP) is 4.29. The van der Waals surface area contributed by atoms with Crippen molar-refractivity contribution in [2.75, 3.05) is 7.05 Å². The van der Waals surface area contributed by atoms with Crippen LogP contribution in [-0.2, 0) is 6.54 Å². The zero-order valence-corrected chi connectivity index (χ0v) is 12.7. The fourth-order valence-corrected chi connectivity index (χ4v) is 2.14. The van der Waals surface area contributed by atoms with Crippen molar-refractivity contribution in [2.45, 2.75) is 6.54 Å². The van der Waals surface area contributed by atoms with Gasteiger partial charge >= 0.3 is 0 Å². The van der Waals surface area contributed by atoms with Crippen LogP contribution in [0.5, 0.6) is 11.6 Å². The van der Waals surface area contributed by atoms with Gasteiger partial charge in [-0.15, -0.1) is 0 Å². The normalized spacial score (nSPS) is 10.7. The van der Waals surface area contributed by atoms with E-state index < -0.39 is 11.6 Å². The van der Waals surface area contributed by atoms with Gasteiger partial charge in [-0.05, 0) is 24.7 Å². The summed E-state index contributed by atoms with van der Waals surface area (Å²) in [6.45, 7) is 0.507. The second-order valence-electron chi connectivity index (χ2n) is 3.95. The molecule has 0 unspecified atom stereocenters. The van der Waals surface area contributed by atoms with Gasteiger partial charge in [-0.1, -0.05) is 27.5 Å². The second kappa shape index (κ2) is 6.47. The first-order valence-corrected chi connectivity index (χ1v) is 6.79. The van der Waals surface area contributed by atoms with Crippen LogP contribution in [-0.4, -0.2) is 12.0 Å². The minimum atomic E-state index is -1.07. The third-order valence-electron chi connectivity index (χ3n) is 2.45. The number of ether oxygens (including phenoxy) is 1. The quantitative estimate of drug-likeness (QED) is 0.823. The Morgan fingerprint density at radius 1 is 1.35 bits per heavy atom. The molecule has 2 aromatic rings. The largest absolute Gasteiger partial charge is 0.436 e. The van der Waals surface area contributed by atoms with E-state index in [4.69, 9.17) is 16.3 Å². The maximum Gasteiger partial charge on any atom is 0.219 e. The van der Waals surface area contributed by atoms with Crippen LogP contribution in [0.2, 0.25) is 5.02 Å². The van der Waals surface area contributed by atoms with Crippen molar-refractivity contribution in [2.24, 2.45) is 0 Å². The highest BCUT2D eigenvalue weighted by atomic mass is 79.9. The molecular weight excluding hydrogens is 354 g/mol. The lowest BCUT2D eigenvalue weighted by Gasteiger charge is -2.09. The fraction of sp³-hybridized carbons (Fsp3) is 0.154. The molecule has 0 bridgehead atoms. The number of nitrogens with zero attached hydrogens (tertiary/aromatic N) is 1. The molecule has 2 rings (SSSR count). The predicted molar refractivity (Wildman–Crippen MR) is 76.1 cm³/mol. The summed E-state index contributed by atoms with van der Waals surface area (Å²) in [5.41, 5.74) is 0.745. The Bertz CT molecular complexity index is 640. The Labute approximate surface area is 128 Å². The van der Waals surface area contributed by atoms with E-state index in [9.17, 15) is 8.78 Å². The molecule has 0 aliphatic heterocycles.